The first-order valence-electron chi connectivity index (χ1n) is 5.87. The van der Waals surface area contributed by atoms with E-state index in [2.05, 4.69) is 15.5 Å². The highest BCUT2D eigenvalue weighted by Crippen LogP contribution is 2.26. The monoisotopic (exact) mass is 265 g/mol. The first kappa shape index (κ1) is 12.1. The molecule has 0 bridgehead atoms. The summed E-state index contributed by atoms with van der Waals surface area (Å²) in [5.74, 6) is -0.552. The van der Waals surface area contributed by atoms with E-state index in [1.54, 1.807) is 0 Å². The van der Waals surface area contributed by atoms with Gasteiger partial charge in [-0.25, -0.2) is 4.39 Å². The zero-order chi connectivity index (χ0) is 13.4. The lowest BCUT2D eigenvalue weighted by atomic mass is 10.2. The van der Waals surface area contributed by atoms with Gasteiger partial charge in [0, 0.05) is 12.1 Å². The van der Waals surface area contributed by atoms with Gasteiger partial charge in [0.1, 0.15) is 0 Å². The Kier molecular flexibility index (Phi) is 2.92. The SMILES string of the molecule is Oc1ccc(-c2noc([C@@H]3C[C@H](O)CN3)n2)cc1F. The van der Waals surface area contributed by atoms with E-state index in [0.717, 1.165) is 6.07 Å². The number of aliphatic hydroxyl groups excluding tert-OH is 1. The van der Waals surface area contributed by atoms with Gasteiger partial charge < -0.3 is 20.1 Å². The summed E-state index contributed by atoms with van der Waals surface area (Å²) in [4.78, 5) is 4.17. The van der Waals surface area contributed by atoms with Crippen LogP contribution in [-0.2, 0) is 0 Å². The number of aromatic nitrogens is 2. The summed E-state index contributed by atoms with van der Waals surface area (Å²) >= 11 is 0. The number of halogens is 1. The molecule has 1 aromatic carbocycles. The number of aromatic hydroxyl groups is 1. The third-order valence-corrected chi connectivity index (χ3v) is 3.05. The van der Waals surface area contributed by atoms with Crippen LogP contribution >= 0.6 is 0 Å². The largest absolute Gasteiger partial charge is 0.505 e. The molecule has 0 spiro atoms. The maximum absolute atomic E-state index is 13.2. The summed E-state index contributed by atoms with van der Waals surface area (Å²) < 4.78 is 18.3. The van der Waals surface area contributed by atoms with Gasteiger partial charge in [0.05, 0.1) is 12.1 Å². The van der Waals surface area contributed by atoms with Gasteiger partial charge in [-0.15, -0.1) is 0 Å². The third-order valence-electron chi connectivity index (χ3n) is 3.05. The topological polar surface area (TPSA) is 91.4 Å². The van der Waals surface area contributed by atoms with Crippen LogP contribution in [0.3, 0.4) is 0 Å². The molecule has 1 aromatic heterocycles. The molecular weight excluding hydrogens is 253 g/mol. The van der Waals surface area contributed by atoms with E-state index in [0.29, 0.717) is 24.4 Å². The minimum Gasteiger partial charge on any atom is -0.505 e. The lowest BCUT2D eigenvalue weighted by molar-refractivity contribution is 0.191. The molecule has 2 atom stereocenters. The van der Waals surface area contributed by atoms with Crippen molar-refractivity contribution in [3.8, 4) is 17.1 Å². The number of phenols is 1. The number of phenolic OH excluding ortho intramolecular Hbond substituents is 1. The maximum atomic E-state index is 13.2. The van der Waals surface area contributed by atoms with Crippen molar-refractivity contribution in [1.82, 2.24) is 15.5 Å². The van der Waals surface area contributed by atoms with Crippen LogP contribution in [0.4, 0.5) is 4.39 Å². The van der Waals surface area contributed by atoms with E-state index in [4.69, 9.17) is 9.63 Å². The average Bonchev–Trinajstić information content (AvgIpc) is 3.01. The minimum atomic E-state index is -0.738. The van der Waals surface area contributed by atoms with Crippen molar-refractivity contribution in [2.24, 2.45) is 0 Å². The number of hydrogen-bond acceptors (Lipinski definition) is 6. The van der Waals surface area contributed by atoms with E-state index in [1.807, 2.05) is 0 Å². The molecule has 7 heteroatoms. The summed E-state index contributed by atoms with van der Waals surface area (Å²) in [6.07, 6.45) is 0.0810. The molecule has 0 radical (unpaired) electrons. The second-order valence-corrected chi connectivity index (χ2v) is 4.47. The van der Waals surface area contributed by atoms with Gasteiger partial charge in [-0.3, -0.25) is 0 Å². The predicted molar refractivity (Wildman–Crippen MR) is 62.7 cm³/mol. The van der Waals surface area contributed by atoms with Crippen molar-refractivity contribution in [3.05, 3.63) is 29.9 Å². The molecule has 0 saturated carbocycles. The quantitative estimate of drug-likeness (QED) is 0.749. The van der Waals surface area contributed by atoms with Gasteiger partial charge in [-0.1, -0.05) is 5.16 Å². The Balaban J connectivity index is 1.86. The number of aliphatic hydroxyl groups is 1. The zero-order valence-electron chi connectivity index (χ0n) is 9.88. The van der Waals surface area contributed by atoms with Crippen LogP contribution in [0.25, 0.3) is 11.4 Å². The lowest BCUT2D eigenvalue weighted by Gasteiger charge is -2.01. The molecule has 100 valence electrons. The summed E-state index contributed by atoms with van der Waals surface area (Å²) in [5.41, 5.74) is 0.420. The molecule has 0 amide bonds. The van der Waals surface area contributed by atoms with Gasteiger partial charge in [0.25, 0.3) is 0 Å². The molecule has 1 fully saturated rings. The minimum absolute atomic E-state index is 0.182. The van der Waals surface area contributed by atoms with Crippen LogP contribution in [0.15, 0.2) is 22.7 Å². The Morgan fingerprint density at radius 3 is 2.95 bits per heavy atom. The van der Waals surface area contributed by atoms with Gasteiger partial charge in [0.15, 0.2) is 11.6 Å². The molecule has 1 aliphatic heterocycles. The molecule has 2 heterocycles. The van der Waals surface area contributed by atoms with Gasteiger partial charge in [-0.05, 0) is 24.6 Å². The number of benzene rings is 1. The second kappa shape index (κ2) is 4.60. The Bertz CT molecular complexity index is 602. The normalized spacial score (nSPS) is 22.8. The van der Waals surface area contributed by atoms with Crippen molar-refractivity contribution in [1.29, 1.82) is 0 Å². The molecule has 2 aromatic rings. The lowest BCUT2D eigenvalue weighted by Crippen LogP contribution is -2.15. The van der Waals surface area contributed by atoms with E-state index < -0.39 is 17.7 Å². The van der Waals surface area contributed by atoms with E-state index in [9.17, 15) is 9.50 Å². The number of nitrogens with one attached hydrogen (secondary N) is 1. The van der Waals surface area contributed by atoms with Gasteiger partial charge in [-0.2, -0.15) is 4.98 Å². The molecule has 3 rings (SSSR count). The molecule has 1 aliphatic rings. The summed E-state index contributed by atoms with van der Waals surface area (Å²) in [5, 5.41) is 25.4. The van der Waals surface area contributed by atoms with Crippen LogP contribution in [-0.4, -0.2) is 33.0 Å². The average molecular weight is 265 g/mol. The van der Waals surface area contributed by atoms with Gasteiger partial charge in [0.2, 0.25) is 11.7 Å². The summed E-state index contributed by atoms with van der Waals surface area (Å²) in [6, 6.07) is 3.70. The Hall–Kier alpha value is -1.99. The predicted octanol–water partition coefficient (Wildman–Crippen LogP) is 0.977. The van der Waals surface area contributed by atoms with Crippen molar-refractivity contribution in [2.75, 3.05) is 6.54 Å². The smallest absolute Gasteiger partial charge is 0.244 e. The Labute approximate surface area is 107 Å². The molecule has 0 unspecified atom stereocenters. The molecule has 19 heavy (non-hydrogen) atoms. The number of nitrogens with zero attached hydrogens (tertiary/aromatic N) is 2. The fourth-order valence-corrected chi connectivity index (χ4v) is 2.05. The van der Waals surface area contributed by atoms with Crippen LogP contribution in [0, 0.1) is 5.82 Å². The molecule has 1 saturated heterocycles. The molecule has 0 aliphatic carbocycles. The zero-order valence-corrected chi connectivity index (χ0v) is 9.88. The van der Waals surface area contributed by atoms with E-state index >= 15 is 0 Å². The fourth-order valence-electron chi connectivity index (χ4n) is 2.05. The highest BCUT2D eigenvalue weighted by Gasteiger charge is 2.28. The first-order valence-corrected chi connectivity index (χ1v) is 5.87. The second-order valence-electron chi connectivity index (χ2n) is 4.47. The summed E-state index contributed by atoms with van der Waals surface area (Å²) in [6.45, 7) is 0.482. The van der Waals surface area contributed by atoms with Crippen LogP contribution in [0.5, 0.6) is 5.75 Å². The fraction of sp³-hybridized carbons (Fsp3) is 0.333. The van der Waals surface area contributed by atoms with Crippen LogP contribution in [0.1, 0.15) is 18.4 Å². The molecule has 6 nitrogen and oxygen atoms in total. The first-order chi connectivity index (χ1) is 9.13. The van der Waals surface area contributed by atoms with Gasteiger partial charge >= 0.3 is 0 Å². The van der Waals surface area contributed by atoms with Crippen molar-refractivity contribution < 1.29 is 19.1 Å². The van der Waals surface area contributed by atoms with Crippen LogP contribution in [0.2, 0.25) is 0 Å². The van der Waals surface area contributed by atoms with Crippen molar-refractivity contribution in [3.63, 3.8) is 0 Å². The van der Waals surface area contributed by atoms with E-state index in [-0.39, 0.29) is 11.9 Å². The highest BCUT2D eigenvalue weighted by atomic mass is 19.1. The molecule has 3 N–H and O–H groups in total. The maximum Gasteiger partial charge on any atom is 0.244 e. The number of hydrogen-bond donors (Lipinski definition) is 3. The Morgan fingerprint density at radius 1 is 1.42 bits per heavy atom. The van der Waals surface area contributed by atoms with E-state index in [1.165, 1.54) is 12.1 Å². The highest BCUT2D eigenvalue weighted by molar-refractivity contribution is 5.55. The van der Waals surface area contributed by atoms with Crippen molar-refractivity contribution in [2.45, 2.75) is 18.6 Å². The molecular formula is C12H12FN3O3. The van der Waals surface area contributed by atoms with Crippen LogP contribution < -0.4 is 5.32 Å². The Morgan fingerprint density at radius 2 is 2.26 bits per heavy atom. The number of β-amino-alcohol motifs (C(OH)–C–C–N with tert-alkyl or cyclic N) is 1. The number of rotatable bonds is 2. The third kappa shape index (κ3) is 2.29. The summed E-state index contributed by atoms with van der Waals surface area (Å²) in [7, 11) is 0. The van der Waals surface area contributed by atoms with Crippen molar-refractivity contribution >= 4 is 0 Å². The standard InChI is InChI=1S/C12H12FN3O3/c13-8-3-6(1-2-10(8)18)11-15-12(19-16-11)9-4-7(17)5-14-9/h1-3,7,9,14,17-18H,4-5H2/t7-,9-/m0/s1.